The summed E-state index contributed by atoms with van der Waals surface area (Å²) in [5.74, 6) is 0.398. The van der Waals surface area contributed by atoms with Crippen LogP contribution in [0.15, 0.2) is 60.0 Å². The molecule has 0 atom stereocenters. The second-order valence-electron chi connectivity index (χ2n) is 8.22. The first kappa shape index (κ1) is 21.2. The molecule has 160 valence electrons. The largest absolute Gasteiger partial charge is 0.349 e. The summed E-state index contributed by atoms with van der Waals surface area (Å²) in [6, 6.07) is 17.7. The van der Waals surface area contributed by atoms with Crippen LogP contribution in [-0.2, 0) is 0 Å². The average Bonchev–Trinajstić information content (AvgIpc) is 3.30. The summed E-state index contributed by atoms with van der Waals surface area (Å²) in [6.07, 6.45) is 1.50. The first-order valence-electron chi connectivity index (χ1n) is 10.7. The number of benzene rings is 2. The zero-order chi connectivity index (χ0) is 21.8. The lowest BCUT2D eigenvalue weighted by molar-refractivity contribution is 0.0693. The zero-order valence-corrected chi connectivity index (χ0v) is 18.7. The van der Waals surface area contributed by atoms with Crippen LogP contribution in [-0.4, -0.2) is 40.8 Å². The summed E-state index contributed by atoms with van der Waals surface area (Å²) in [5, 5.41) is 5.79. The lowest BCUT2D eigenvalue weighted by Gasteiger charge is -2.32. The SMILES string of the molecule is CC(C)c1ccc(-c2nc(C(=O)N3CCC(NC(=O)c4ccccc4)CC3)cs2)cc1. The molecule has 1 saturated heterocycles. The molecule has 1 aliphatic heterocycles. The number of hydrogen-bond donors (Lipinski definition) is 1. The summed E-state index contributed by atoms with van der Waals surface area (Å²) in [5.41, 5.74) is 3.49. The Morgan fingerprint density at radius 1 is 1.03 bits per heavy atom. The van der Waals surface area contributed by atoms with Gasteiger partial charge in [-0.3, -0.25) is 9.59 Å². The Balaban J connectivity index is 1.33. The number of amides is 2. The van der Waals surface area contributed by atoms with Gasteiger partial charge >= 0.3 is 0 Å². The minimum absolute atomic E-state index is 0.0332. The van der Waals surface area contributed by atoms with E-state index in [-0.39, 0.29) is 17.9 Å². The van der Waals surface area contributed by atoms with Crippen LogP contribution in [0.1, 0.15) is 59.0 Å². The van der Waals surface area contributed by atoms with Crippen molar-refractivity contribution in [2.45, 2.75) is 38.6 Å². The lowest BCUT2D eigenvalue weighted by Crippen LogP contribution is -2.46. The molecular weight excluding hydrogens is 406 g/mol. The van der Waals surface area contributed by atoms with Gasteiger partial charge in [0.2, 0.25) is 0 Å². The molecule has 0 saturated carbocycles. The zero-order valence-electron chi connectivity index (χ0n) is 17.9. The number of thiazole rings is 1. The molecule has 2 heterocycles. The van der Waals surface area contributed by atoms with Crippen LogP contribution >= 0.6 is 11.3 Å². The Hall–Kier alpha value is -2.99. The van der Waals surface area contributed by atoms with Gasteiger partial charge in [0, 0.05) is 35.6 Å². The van der Waals surface area contributed by atoms with Crippen molar-refractivity contribution in [1.82, 2.24) is 15.2 Å². The molecule has 1 fully saturated rings. The Morgan fingerprint density at radius 3 is 2.35 bits per heavy atom. The predicted octanol–water partition coefficient (Wildman–Crippen LogP) is 4.97. The second-order valence-corrected chi connectivity index (χ2v) is 9.08. The van der Waals surface area contributed by atoms with E-state index in [0.717, 1.165) is 23.4 Å². The summed E-state index contributed by atoms with van der Waals surface area (Å²) in [6.45, 7) is 5.58. The number of nitrogens with zero attached hydrogens (tertiary/aromatic N) is 2. The molecular formula is C25H27N3O2S. The minimum atomic E-state index is -0.0574. The van der Waals surface area contributed by atoms with Crippen molar-refractivity contribution >= 4 is 23.2 Å². The van der Waals surface area contributed by atoms with Gasteiger partial charge in [-0.15, -0.1) is 11.3 Å². The van der Waals surface area contributed by atoms with Crippen LogP contribution < -0.4 is 5.32 Å². The standard InChI is InChI=1S/C25H27N3O2S/c1-17(2)18-8-10-20(11-9-18)24-27-22(16-31-24)25(30)28-14-12-21(13-15-28)26-23(29)19-6-4-3-5-7-19/h3-11,16-17,21H,12-15H2,1-2H3,(H,26,29). The molecule has 1 N–H and O–H groups in total. The third kappa shape index (κ3) is 5.02. The van der Waals surface area contributed by atoms with Crippen molar-refractivity contribution < 1.29 is 9.59 Å². The first-order valence-corrected chi connectivity index (χ1v) is 11.6. The molecule has 3 aromatic rings. The number of hydrogen-bond acceptors (Lipinski definition) is 4. The van der Waals surface area contributed by atoms with Crippen LogP contribution in [0.25, 0.3) is 10.6 Å². The average molecular weight is 434 g/mol. The van der Waals surface area contributed by atoms with Gasteiger partial charge < -0.3 is 10.2 Å². The monoisotopic (exact) mass is 433 g/mol. The maximum Gasteiger partial charge on any atom is 0.273 e. The third-order valence-corrected chi connectivity index (χ3v) is 6.59. The Kier molecular flexibility index (Phi) is 6.47. The quantitative estimate of drug-likeness (QED) is 0.618. The number of carbonyl (C=O) groups is 2. The Bertz CT molecular complexity index is 1040. The highest BCUT2D eigenvalue weighted by atomic mass is 32.1. The maximum absolute atomic E-state index is 12.9. The number of piperidine rings is 1. The maximum atomic E-state index is 12.9. The van der Waals surface area contributed by atoms with Crippen LogP contribution in [0, 0.1) is 0 Å². The fourth-order valence-electron chi connectivity index (χ4n) is 3.76. The fraction of sp³-hybridized carbons (Fsp3) is 0.320. The highest BCUT2D eigenvalue weighted by Gasteiger charge is 2.26. The van der Waals surface area contributed by atoms with E-state index in [1.165, 1.54) is 16.9 Å². The highest BCUT2D eigenvalue weighted by molar-refractivity contribution is 7.13. The summed E-state index contributed by atoms with van der Waals surface area (Å²) in [4.78, 5) is 31.7. The summed E-state index contributed by atoms with van der Waals surface area (Å²) < 4.78 is 0. The van der Waals surface area contributed by atoms with Gasteiger partial charge in [-0.05, 0) is 36.5 Å². The van der Waals surface area contributed by atoms with Crippen molar-refractivity contribution in [2.75, 3.05) is 13.1 Å². The van der Waals surface area contributed by atoms with E-state index in [1.54, 1.807) is 0 Å². The van der Waals surface area contributed by atoms with Crippen molar-refractivity contribution in [3.05, 3.63) is 76.8 Å². The van der Waals surface area contributed by atoms with E-state index in [1.807, 2.05) is 40.6 Å². The van der Waals surface area contributed by atoms with Crippen LogP contribution in [0.5, 0.6) is 0 Å². The predicted molar refractivity (Wildman–Crippen MR) is 124 cm³/mol. The Labute approximate surface area is 187 Å². The normalized spacial score (nSPS) is 14.6. The molecule has 1 aromatic heterocycles. The van der Waals surface area contributed by atoms with Gasteiger partial charge in [-0.1, -0.05) is 56.3 Å². The summed E-state index contributed by atoms with van der Waals surface area (Å²) >= 11 is 1.50. The Morgan fingerprint density at radius 2 is 1.71 bits per heavy atom. The van der Waals surface area contributed by atoms with E-state index in [4.69, 9.17) is 0 Å². The molecule has 31 heavy (non-hydrogen) atoms. The van der Waals surface area contributed by atoms with Gasteiger partial charge in [-0.2, -0.15) is 0 Å². The molecule has 2 aromatic carbocycles. The smallest absolute Gasteiger partial charge is 0.273 e. The number of nitrogens with one attached hydrogen (secondary N) is 1. The van der Waals surface area contributed by atoms with E-state index >= 15 is 0 Å². The number of likely N-dealkylation sites (tertiary alicyclic amines) is 1. The van der Waals surface area contributed by atoms with Crippen molar-refractivity contribution in [3.8, 4) is 10.6 Å². The molecule has 0 radical (unpaired) electrons. The van der Waals surface area contributed by atoms with Gasteiger partial charge in [0.1, 0.15) is 10.7 Å². The molecule has 0 spiro atoms. The number of aromatic nitrogens is 1. The number of rotatable bonds is 5. The van der Waals surface area contributed by atoms with Gasteiger partial charge in [0.05, 0.1) is 0 Å². The molecule has 6 heteroatoms. The van der Waals surface area contributed by atoms with E-state index in [2.05, 4.69) is 48.4 Å². The van der Waals surface area contributed by atoms with Crippen molar-refractivity contribution in [3.63, 3.8) is 0 Å². The minimum Gasteiger partial charge on any atom is -0.349 e. The third-order valence-electron chi connectivity index (χ3n) is 5.70. The molecule has 2 amide bonds. The van der Waals surface area contributed by atoms with Crippen molar-refractivity contribution in [2.24, 2.45) is 0 Å². The van der Waals surface area contributed by atoms with Gasteiger partial charge in [0.25, 0.3) is 11.8 Å². The summed E-state index contributed by atoms with van der Waals surface area (Å²) in [7, 11) is 0. The molecule has 0 bridgehead atoms. The van der Waals surface area contributed by atoms with Gasteiger partial charge in [0.15, 0.2) is 0 Å². The molecule has 4 rings (SSSR count). The molecule has 0 unspecified atom stereocenters. The van der Waals surface area contributed by atoms with E-state index in [9.17, 15) is 9.59 Å². The first-order chi connectivity index (χ1) is 15.0. The van der Waals surface area contributed by atoms with Crippen LogP contribution in [0.3, 0.4) is 0 Å². The molecule has 1 aliphatic rings. The fourth-order valence-corrected chi connectivity index (χ4v) is 4.56. The van der Waals surface area contributed by atoms with Crippen molar-refractivity contribution in [1.29, 1.82) is 0 Å². The van der Waals surface area contributed by atoms with E-state index in [0.29, 0.717) is 30.3 Å². The molecule has 5 nitrogen and oxygen atoms in total. The van der Waals surface area contributed by atoms with E-state index < -0.39 is 0 Å². The topological polar surface area (TPSA) is 62.3 Å². The molecule has 0 aliphatic carbocycles. The lowest BCUT2D eigenvalue weighted by atomic mass is 10.0. The van der Waals surface area contributed by atoms with Crippen LogP contribution in [0.4, 0.5) is 0 Å². The number of carbonyl (C=O) groups excluding carboxylic acids is 2. The van der Waals surface area contributed by atoms with Gasteiger partial charge in [-0.25, -0.2) is 4.98 Å². The highest BCUT2D eigenvalue weighted by Crippen LogP contribution is 2.26. The second kappa shape index (κ2) is 9.43. The van der Waals surface area contributed by atoms with Crippen LogP contribution in [0.2, 0.25) is 0 Å².